The van der Waals surface area contributed by atoms with Gasteiger partial charge in [-0.1, -0.05) is 11.6 Å². The predicted octanol–water partition coefficient (Wildman–Crippen LogP) is 1.33. The lowest BCUT2D eigenvalue weighted by atomic mass is 10.3. The van der Waals surface area contributed by atoms with Crippen LogP contribution in [0.3, 0.4) is 0 Å². The van der Waals surface area contributed by atoms with Crippen molar-refractivity contribution in [1.82, 2.24) is 0 Å². The molecule has 0 saturated heterocycles. The van der Waals surface area contributed by atoms with Gasteiger partial charge < -0.3 is 15.9 Å². The summed E-state index contributed by atoms with van der Waals surface area (Å²) in [6.07, 6.45) is 0. The molecule has 0 atom stereocenters. The molecule has 1 aromatic rings. The van der Waals surface area contributed by atoms with E-state index < -0.39 is 0 Å². The summed E-state index contributed by atoms with van der Waals surface area (Å²) in [4.78, 5) is 0. The summed E-state index contributed by atoms with van der Waals surface area (Å²) >= 11 is 5.47. The van der Waals surface area contributed by atoms with Crippen LogP contribution in [0.5, 0.6) is 11.5 Å². The lowest BCUT2D eigenvalue weighted by molar-refractivity contribution is 0.405. The van der Waals surface area contributed by atoms with Crippen LogP contribution in [0.4, 0.5) is 5.69 Å². The highest BCUT2D eigenvalue weighted by Gasteiger charge is 2.03. The number of hydrogen-bond donors (Lipinski definition) is 3. The highest BCUT2D eigenvalue weighted by molar-refractivity contribution is 6.31. The SMILES string of the molecule is Nc1cc(Cl)cc(O)c1O. The third kappa shape index (κ3) is 1.09. The summed E-state index contributed by atoms with van der Waals surface area (Å²) < 4.78 is 0. The summed E-state index contributed by atoms with van der Waals surface area (Å²) in [5, 5.41) is 18.1. The first-order valence-corrected chi connectivity index (χ1v) is 2.96. The normalized spacial score (nSPS) is 9.70. The smallest absolute Gasteiger partial charge is 0.181 e. The monoisotopic (exact) mass is 159 g/mol. The molecule has 0 saturated carbocycles. The maximum atomic E-state index is 8.90. The van der Waals surface area contributed by atoms with E-state index >= 15 is 0 Å². The Bertz CT molecular complexity index is 239. The van der Waals surface area contributed by atoms with Crippen LogP contribution in [-0.4, -0.2) is 10.2 Å². The van der Waals surface area contributed by atoms with E-state index in [2.05, 4.69) is 0 Å². The van der Waals surface area contributed by atoms with Gasteiger partial charge in [0.05, 0.1) is 5.69 Å². The molecule has 0 amide bonds. The van der Waals surface area contributed by atoms with Gasteiger partial charge in [0.15, 0.2) is 11.5 Å². The molecule has 0 fully saturated rings. The van der Waals surface area contributed by atoms with Crippen molar-refractivity contribution in [2.24, 2.45) is 0 Å². The molecule has 0 spiro atoms. The van der Waals surface area contributed by atoms with E-state index in [1.165, 1.54) is 12.1 Å². The number of nitrogen functional groups attached to an aromatic ring is 1. The summed E-state index contributed by atoms with van der Waals surface area (Å²) in [5.74, 6) is -0.630. The van der Waals surface area contributed by atoms with Crippen LogP contribution >= 0.6 is 11.6 Å². The first kappa shape index (κ1) is 7.02. The molecular weight excluding hydrogens is 154 g/mol. The minimum absolute atomic E-state index is 0.0741. The van der Waals surface area contributed by atoms with Crippen molar-refractivity contribution in [3.63, 3.8) is 0 Å². The zero-order valence-electron chi connectivity index (χ0n) is 5.00. The fourth-order valence-electron chi connectivity index (χ4n) is 0.605. The van der Waals surface area contributed by atoms with Crippen LogP contribution in [0.25, 0.3) is 0 Å². The Hall–Kier alpha value is -1.09. The second kappa shape index (κ2) is 2.27. The molecule has 54 valence electrons. The molecule has 0 aliphatic carbocycles. The van der Waals surface area contributed by atoms with E-state index in [1.54, 1.807) is 0 Å². The average molecular weight is 160 g/mol. The molecule has 0 bridgehead atoms. The molecule has 0 heterocycles. The number of anilines is 1. The minimum atomic E-state index is -0.329. The van der Waals surface area contributed by atoms with Gasteiger partial charge in [0.2, 0.25) is 0 Å². The van der Waals surface area contributed by atoms with E-state index in [9.17, 15) is 0 Å². The summed E-state index contributed by atoms with van der Waals surface area (Å²) in [6, 6.07) is 2.57. The Morgan fingerprint density at radius 3 is 2.40 bits per heavy atom. The van der Waals surface area contributed by atoms with E-state index in [4.69, 9.17) is 27.5 Å². The van der Waals surface area contributed by atoms with Crippen LogP contribution < -0.4 is 5.73 Å². The van der Waals surface area contributed by atoms with Crippen molar-refractivity contribution in [3.8, 4) is 11.5 Å². The molecule has 1 aromatic carbocycles. The molecule has 0 unspecified atom stereocenters. The maximum Gasteiger partial charge on any atom is 0.181 e. The van der Waals surface area contributed by atoms with Crippen molar-refractivity contribution < 1.29 is 10.2 Å². The summed E-state index contributed by atoms with van der Waals surface area (Å²) in [7, 11) is 0. The van der Waals surface area contributed by atoms with Gasteiger partial charge in [0.1, 0.15) is 0 Å². The zero-order valence-corrected chi connectivity index (χ0v) is 5.76. The topological polar surface area (TPSA) is 66.5 Å². The molecule has 3 nitrogen and oxygen atoms in total. The van der Waals surface area contributed by atoms with Gasteiger partial charge >= 0.3 is 0 Å². The van der Waals surface area contributed by atoms with Crippen LogP contribution in [0, 0.1) is 0 Å². The molecule has 0 aliphatic heterocycles. The fourth-order valence-corrected chi connectivity index (χ4v) is 0.826. The second-order valence-corrected chi connectivity index (χ2v) is 2.30. The first-order chi connectivity index (χ1) is 4.61. The first-order valence-electron chi connectivity index (χ1n) is 2.58. The molecular formula is C6H6ClNO2. The van der Waals surface area contributed by atoms with E-state index in [0.29, 0.717) is 5.02 Å². The maximum absolute atomic E-state index is 8.90. The van der Waals surface area contributed by atoms with Gasteiger partial charge in [0.25, 0.3) is 0 Å². The number of hydrogen-bond acceptors (Lipinski definition) is 3. The number of benzene rings is 1. The number of rotatable bonds is 0. The summed E-state index contributed by atoms with van der Waals surface area (Å²) in [5.41, 5.74) is 5.30. The Morgan fingerprint density at radius 1 is 1.30 bits per heavy atom. The lowest BCUT2D eigenvalue weighted by Gasteiger charge is -2.00. The van der Waals surface area contributed by atoms with E-state index in [1.807, 2.05) is 0 Å². The lowest BCUT2D eigenvalue weighted by Crippen LogP contribution is -1.84. The second-order valence-electron chi connectivity index (χ2n) is 1.86. The van der Waals surface area contributed by atoms with Gasteiger partial charge in [0, 0.05) is 11.1 Å². The number of aromatic hydroxyl groups is 2. The highest BCUT2D eigenvalue weighted by atomic mass is 35.5. The quantitative estimate of drug-likeness (QED) is 0.395. The number of nitrogens with two attached hydrogens (primary N) is 1. The molecule has 4 N–H and O–H groups in total. The molecule has 4 heteroatoms. The van der Waals surface area contributed by atoms with Crippen LogP contribution in [0.2, 0.25) is 5.02 Å². The van der Waals surface area contributed by atoms with Crippen molar-refractivity contribution in [1.29, 1.82) is 0 Å². The van der Waals surface area contributed by atoms with Gasteiger partial charge in [-0.25, -0.2) is 0 Å². The molecule has 10 heavy (non-hydrogen) atoms. The van der Waals surface area contributed by atoms with Crippen molar-refractivity contribution >= 4 is 17.3 Å². The Morgan fingerprint density at radius 2 is 1.90 bits per heavy atom. The molecule has 0 aromatic heterocycles. The largest absolute Gasteiger partial charge is 0.504 e. The van der Waals surface area contributed by atoms with Gasteiger partial charge in [-0.3, -0.25) is 0 Å². The minimum Gasteiger partial charge on any atom is -0.504 e. The predicted molar refractivity (Wildman–Crippen MR) is 39.2 cm³/mol. The Balaban J connectivity index is 3.31. The highest BCUT2D eigenvalue weighted by Crippen LogP contribution is 2.33. The van der Waals surface area contributed by atoms with Gasteiger partial charge in [-0.05, 0) is 6.07 Å². The van der Waals surface area contributed by atoms with Crippen LogP contribution in [0.15, 0.2) is 12.1 Å². The van der Waals surface area contributed by atoms with Gasteiger partial charge in [-0.15, -0.1) is 0 Å². The number of phenolic OH excluding ortho intramolecular Hbond substituents is 2. The number of halogens is 1. The van der Waals surface area contributed by atoms with Crippen molar-refractivity contribution in [2.75, 3.05) is 5.73 Å². The standard InChI is InChI=1S/C6H6ClNO2/c7-3-1-4(8)6(10)5(9)2-3/h1-2,9-10H,8H2. The van der Waals surface area contributed by atoms with E-state index in [-0.39, 0.29) is 17.2 Å². The zero-order chi connectivity index (χ0) is 7.72. The fraction of sp³-hybridized carbons (Fsp3) is 0. The molecule has 0 radical (unpaired) electrons. The molecule has 1 rings (SSSR count). The third-order valence-corrected chi connectivity index (χ3v) is 1.30. The number of phenols is 2. The van der Waals surface area contributed by atoms with E-state index in [0.717, 1.165) is 0 Å². The Labute approximate surface area is 62.7 Å². The van der Waals surface area contributed by atoms with Crippen LogP contribution in [-0.2, 0) is 0 Å². The summed E-state index contributed by atoms with van der Waals surface area (Å²) in [6.45, 7) is 0. The average Bonchev–Trinajstić information content (AvgIpc) is 1.82. The Kier molecular flexibility index (Phi) is 1.59. The van der Waals surface area contributed by atoms with Crippen molar-refractivity contribution in [2.45, 2.75) is 0 Å². The van der Waals surface area contributed by atoms with Crippen molar-refractivity contribution in [3.05, 3.63) is 17.2 Å². The molecule has 0 aliphatic rings. The van der Waals surface area contributed by atoms with Gasteiger partial charge in [-0.2, -0.15) is 0 Å². The van der Waals surface area contributed by atoms with Crippen LogP contribution in [0.1, 0.15) is 0 Å². The third-order valence-electron chi connectivity index (χ3n) is 1.08.